The van der Waals surface area contributed by atoms with Crippen LogP contribution in [0, 0.1) is 6.92 Å². The highest BCUT2D eigenvalue weighted by atomic mass is 35.5. The van der Waals surface area contributed by atoms with Crippen molar-refractivity contribution in [1.82, 2.24) is 4.98 Å². The molecule has 10 heavy (non-hydrogen) atoms. The van der Waals surface area contributed by atoms with Crippen molar-refractivity contribution < 1.29 is 0 Å². The largest absolute Gasteiger partial charge is 0.244 e. The third-order valence-corrected chi connectivity index (χ3v) is 1.62. The Hall–Kier alpha value is -0.560. The molecule has 1 aromatic rings. The van der Waals surface area contributed by atoms with Crippen LogP contribution in [0.3, 0.4) is 0 Å². The summed E-state index contributed by atoms with van der Waals surface area (Å²) in [6.07, 6.45) is 3.47. The lowest BCUT2D eigenvalue weighted by atomic mass is 10.2. The number of hydrogen-bond donors (Lipinski definition) is 0. The topological polar surface area (TPSA) is 12.9 Å². The minimum Gasteiger partial charge on any atom is -0.244 e. The Bertz CT molecular complexity index is 210. The molecule has 0 aromatic carbocycles. The number of aryl methyl sites for hydroxylation is 1. The van der Waals surface area contributed by atoms with Gasteiger partial charge in [0.15, 0.2) is 0 Å². The SMILES string of the molecule is [CH2]CCc1cccnc1Cl. The molecule has 1 rings (SSSR count). The lowest BCUT2D eigenvalue weighted by molar-refractivity contribution is 0.986. The molecule has 0 saturated heterocycles. The zero-order chi connectivity index (χ0) is 7.40. The molecule has 0 bridgehead atoms. The average molecular weight is 155 g/mol. The van der Waals surface area contributed by atoms with Crippen LogP contribution in [0.5, 0.6) is 0 Å². The van der Waals surface area contributed by atoms with Crippen molar-refractivity contribution in [2.24, 2.45) is 0 Å². The summed E-state index contributed by atoms with van der Waals surface area (Å²) in [5, 5.41) is 0.603. The van der Waals surface area contributed by atoms with E-state index < -0.39 is 0 Å². The van der Waals surface area contributed by atoms with Crippen LogP contribution >= 0.6 is 11.6 Å². The Morgan fingerprint density at radius 1 is 1.60 bits per heavy atom. The Kier molecular flexibility index (Phi) is 2.69. The van der Waals surface area contributed by atoms with Gasteiger partial charge < -0.3 is 0 Å². The van der Waals surface area contributed by atoms with Crippen LogP contribution < -0.4 is 0 Å². The molecular weight excluding hydrogens is 146 g/mol. The molecule has 0 spiro atoms. The summed E-state index contributed by atoms with van der Waals surface area (Å²) < 4.78 is 0. The molecule has 0 aliphatic heterocycles. The van der Waals surface area contributed by atoms with Gasteiger partial charge in [0.2, 0.25) is 0 Å². The predicted octanol–water partition coefficient (Wildman–Crippen LogP) is 2.50. The van der Waals surface area contributed by atoms with Crippen LogP contribution in [0.2, 0.25) is 5.15 Å². The van der Waals surface area contributed by atoms with Gasteiger partial charge in [-0.05, 0) is 24.5 Å². The first-order chi connectivity index (χ1) is 4.84. The highest BCUT2D eigenvalue weighted by molar-refractivity contribution is 6.30. The molecule has 0 amide bonds. The quantitative estimate of drug-likeness (QED) is 0.597. The highest BCUT2D eigenvalue weighted by Gasteiger charge is 1.96. The fraction of sp³-hybridized carbons (Fsp3) is 0.250. The molecular formula is C8H9ClN. The molecule has 0 aliphatic rings. The van der Waals surface area contributed by atoms with Crippen LogP contribution in [-0.2, 0) is 6.42 Å². The van der Waals surface area contributed by atoms with Crippen molar-refractivity contribution in [3.63, 3.8) is 0 Å². The molecule has 1 radical (unpaired) electrons. The van der Waals surface area contributed by atoms with Gasteiger partial charge in [0.1, 0.15) is 5.15 Å². The number of aromatic nitrogens is 1. The van der Waals surface area contributed by atoms with Crippen LogP contribution in [0.1, 0.15) is 12.0 Å². The van der Waals surface area contributed by atoms with Gasteiger partial charge >= 0.3 is 0 Å². The molecule has 1 heterocycles. The van der Waals surface area contributed by atoms with E-state index in [1.165, 1.54) is 0 Å². The van der Waals surface area contributed by atoms with E-state index in [0.29, 0.717) is 5.15 Å². The van der Waals surface area contributed by atoms with Crippen LogP contribution in [-0.4, -0.2) is 4.98 Å². The minimum atomic E-state index is 0.603. The first-order valence-electron chi connectivity index (χ1n) is 3.23. The summed E-state index contributed by atoms with van der Waals surface area (Å²) in [6.45, 7) is 3.74. The van der Waals surface area contributed by atoms with Gasteiger partial charge in [0.25, 0.3) is 0 Å². The zero-order valence-corrected chi connectivity index (χ0v) is 6.43. The fourth-order valence-electron chi connectivity index (χ4n) is 0.796. The van der Waals surface area contributed by atoms with E-state index in [1.54, 1.807) is 6.20 Å². The smallest absolute Gasteiger partial charge is 0.132 e. The van der Waals surface area contributed by atoms with Gasteiger partial charge in [-0.3, -0.25) is 0 Å². The Morgan fingerprint density at radius 3 is 3.00 bits per heavy atom. The second kappa shape index (κ2) is 3.57. The lowest BCUT2D eigenvalue weighted by Gasteiger charge is -1.97. The third kappa shape index (κ3) is 1.71. The van der Waals surface area contributed by atoms with Crippen LogP contribution in [0.25, 0.3) is 0 Å². The third-order valence-electron chi connectivity index (χ3n) is 1.28. The molecule has 0 fully saturated rings. The van der Waals surface area contributed by atoms with Crippen molar-refractivity contribution in [2.45, 2.75) is 12.8 Å². The summed E-state index contributed by atoms with van der Waals surface area (Å²) in [7, 11) is 0. The number of halogens is 1. The van der Waals surface area contributed by atoms with E-state index in [1.807, 2.05) is 12.1 Å². The van der Waals surface area contributed by atoms with Crippen molar-refractivity contribution >= 4 is 11.6 Å². The average Bonchev–Trinajstić information content (AvgIpc) is 1.94. The Morgan fingerprint density at radius 2 is 2.40 bits per heavy atom. The summed E-state index contributed by atoms with van der Waals surface area (Å²) in [4.78, 5) is 3.94. The molecule has 1 nitrogen and oxygen atoms in total. The molecule has 0 unspecified atom stereocenters. The van der Waals surface area contributed by atoms with E-state index >= 15 is 0 Å². The van der Waals surface area contributed by atoms with E-state index in [-0.39, 0.29) is 0 Å². The monoisotopic (exact) mass is 154 g/mol. The predicted molar refractivity (Wildman–Crippen MR) is 42.9 cm³/mol. The molecule has 1 aromatic heterocycles. The first-order valence-corrected chi connectivity index (χ1v) is 3.61. The van der Waals surface area contributed by atoms with Gasteiger partial charge in [0.05, 0.1) is 0 Å². The van der Waals surface area contributed by atoms with E-state index in [2.05, 4.69) is 11.9 Å². The number of nitrogens with zero attached hydrogens (tertiary/aromatic N) is 1. The van der Waals surface area contributed by atoms with E-state index in [9.17, 15) is 0 Å². The summed E-state index contributed by atoms with van der Waals surface area (Å²) in [5.74, 6) is 0. The molecule has 0 aliphatic carbocycles. The second-order valence-electron chi connectivity index (χ2n) is 2.06. The van der Waals surface area contributed by atoms with E-state index in [0.717, 1.165) is 18.4 Å². The standard InChI is InChI=1S/C8H9ClN/c1-2-4-7-5-3-6-10-8(7)9/h3,5-6H,1-2,4H2. The van der Waals surface area contributed by atoms with Gasteiger partial charge in [-0.2, -0.15) is 0 Å². The Labute approximate surface area is 66.0 Å². The van der Waals surface area contributed by atoms with Crippen LogP contribution in [0.4, 0.5) is 0 Å². The molecule has 2 heteroatoms. The molecule has 0 atom stereocenters. The summed E-state index contributed by atoms with van der Waals surface area (Å²) >= 11 is 5.76. The lowest BCUT2D eigenvalue weighted by Crippen LogP contribution is -1.85. The maximum absolute atomic E-state index is 5.76. The van der Waals surface area contributed by atoms with Crippen molar-refractivity contribution in [2.75, 3.05) is 0 Å². The normalized spacial score (nSPS) is 9.80. The van der Waals surface area contributed by atoms with Crippen molar-refractivity contribution in [3.8, 4) is 0 Å². The number of hydrogen-bond acceptors (Lipinski definition) is 1. The van der Waals surface area contributed by atoms with E-state index in [4.69, 9.17) is 11.6 Å². The van der Waals surface area contributed by atoms with Gasteiger partial charge in [-0.1, -0.05) is 24.6 Å². The Balaban J connectivity index is 2.81. The summed E-state index contributed by atoms with van der Waals surface area (Å²) in [6, 6.07) is 3.86. The molecule has 53 valence electrons. The maximum atomic E-state index is 5.76. The van der Waals surface area contributed by atoms with Crippen LogP contribution in [0.15, 0.2) is 18.3 Å². The van der Waals surface area contributed by atoms with Crippen molar-refractivity contribution in [3.05, 3.63) is 36.0 Å². The number of rotatable bonds is 2. The second-order valence-corrected chi connectivity index (χ2v) is 2.41. The van der Waals surface area contributed by atoms with Gasteiger partial charge in [-0.25, -0.2) is 4.98 Å². The number of pyridine rings is 1. The van der Waals surface area contributed by atoms with Gasteiger partial charge in [0, 0.05) is 6.20 Å². The summed E-state index contributed by atoms with van der Waals surface area (Å²) in [5.41, 5.74) is 1.08. The zero-order valence-electron chi connectivity index (χ0n) is 5.68. The first kappa shape index (κ1) is 7.55. The molecule has 0 N–H and O–H groups in total. The fourth-order valence-corrected chi connectivity index (χ4v) is 1.01. The minimum absolute atomic E-state index is 0.603. The highest BCUT2D eigenvalue weighted by Crippen LogP contribution is 2.12. The van der Waals surface area contributed by atoms with Crippen molar-refractivity contribution in [1.29, 1.82) is 0 Å². The van der Waals surface area contributed by atoms with Gasteiger partial charge in [-0.15, -0.1) is 0 Å². The maximum Gasteiger partial charge on any atom is 0.132 e. The molecule has 0 saturated carbocycles.